The van der Waals surface area contributed by atoms with E-state index in [9.17, 15) is 9.59 Å². The normalized spacial score (nSPS) is 19.6. The van der Waals surface area contributed by atoms with Gasteiger partial charge >= 0.3 is 0 Å². The van der Waals surface area contributed by atoms with Crippen molar-refractivity contribution in [1.29, 1.82) is 0 Å². The summed E-state index contributed by atoms with van der Waals surface area (Å²) in [5, 5.41) is 2.53. The fraction of sp³-hybridized carbons (Fsp3) is 0.600. The van der Waals surface area contributed by atoms with Crippen LogP contribution >= 0.6 is 0 Å². The van der Waals surface area contributed by atoms with Gasteiger partial charge in [-0.3, -0.25) is 9.59 Å². The summed E-state index contributed by atoms with van der Waals surface area (Å²) < 4.78 is 0. The second-order valence-corrected chi connectivity index (χ2v) is 3.20. The Labute approximate surface area is 83.6 Å². The predicted molar refractivity (Wildman–Crippen MR) is 52.3 cm³/mol. The predicted octanol–water partition coefficient (Wildman–Crippen LogP) is -0.253. The summed E-state index contributed by atoms with van der Waals surface area (Å²) >= 11 is 0. The van der Waals surface area contributed by atoms with Crippen LogP contribution in [0.4, 0.5) is 0 Å². The molecule has 1 heterocycles. The van der Waals surface area contributed by atoms with Crippen LogP contribution in [0.25, 0.3) is 0 Å². The van der Waals surface area contributed by atoms with Crippen molar-refractivity contribution in [3.63, 3.8) is 0 Å². The van der Waals surface area contributed by atoms with E-state index in [1.54, 1.807) is 4.90 Å². The van der Waals surface area contributed by atoms with E-state index >= 15 is 0 Å². The van der Waals surface area contributed by atoms with Gasteiger partial charge in [0.05, 0.1) is 12.6 Å². The Morgan fingerprint density at radius 1 is 1.64 bits per heavy atom. The van der Waals surface area contributed by atoms with Crippen LogP contribution in [0.5, 0.6) is 0 Å². The maximum absolute atomic E-state index is 11.5. The van der Waals surface area contributed by atoms with Gasteiger partial charge in [0.2, 0.25) is 11.8 Å². The third-order valence-electron chi connectivity index (χ3n) is 2.29. The molecule has 0 aromatic rings. The molecule has 0 radical (unpaired) electrons. The summed E-state index contributed by atoms with van der Waals surface area (Å²) in [6, 6.07) is -0.185. The van der Waals surface area contributed by atoms with Crippen molar-refractivity contribution in [2.24, 2.45) is 0 Å². The highest BCUT2D eigenvalue weighted by atomic mass is 16.2. The van der Waals surface area contributed by atoms with Crippen LogP contribution in [0, 0.1) is 12.3 Å². The molecular formula is C10H14N2O2. The molecule has 1 N–H and O–H groups in total. The monoisotopic (exact) mass is 194 g/mol. The SMILES string of the molecule is C#CC(CC)N1CCC(=O)NCC1=O. The number of rotatable bonds is 2. The van der Waals surface area contributed by atoms with Crippen LogP contribution in [0.3, 0.4) is 0 Å². The Kier molecular flexibility index (Phi) is 3.52. The first kappa shape index (κ1) is 10.6. The van der Waals surface area contributed by atoms with E-state index in [4.69, 9.17) is 6.42 Å². The Morgan fingerprint density at radius 3 is 2.93 bits per heavy atom. The quantitative estimate of drug-likeness (QED) is 0.616. The smallest absolute Gasteiger partial charge is 0.242 e. The standard InChI is InChI=1S/C10H14N2O2/c1-3-8(4-2)12-6-5-9(13)11-7-10(12)14/h1,8H,4-7H2,2H3,(H,11,13). The van der Waals surface area contributed by atoms with E-state index in [2.05, 4.69) is 11.2 Å². The Morgan fingerprint density at radius 2 is 2.36 bits per heavy atom. The van der Waals surface area contributed by atoms with Gasteiger partial charge in [0, 0.05) is 13.0 Å². The van der Waals surface area contributed by atoms with Gasteiger partial charge in [-0.25, -0.2) is 0 Å². The molecule has 76 valence electrons. The Balaban J connectivity index is 2.71. The van der Waals surface area contributed by atoms with Crippen molar-refractivity contribution in [3.8, 4) is 12.3 Å². The summed E-state index contributed by atoms with van der Waals surface area (Å²) in [5.41, 5.74) is 0. The third-order valence-corrected chi connectivity index (χ3v) is 2.29. The first-order valence-corrected chi connectivity index (χ1v) is 4.71. The van der Waals surface area contributed by atoms with Gasteiger partial charge in [0.1, 0.15) is 0 Å². The zero-order valence-corrected chi connectivity index (χ0v) is 8.25. The van der Waals surface area contributed by atoms with E-state index in [0.29, 0.717) is 13.0 Å². The number of terminal acetylenes is 1. The first-order valence-electron chi connectivity index (χ1n) is 4.71. The first-order chi connectivity index (χ1) is 6.69. The maximum Gasteiger partial charge on any atom is 0.242 e. The molecule has 0 aliphatic carbocycles. The van der Waals surface area contributed by atoms with E-state index in [1.165, 1.54) is 0 Å². The van der Waals surface area contributed by atoms with Gasteiger partial charge in [-0.05, 0) is 6.42 Å². The number of nitrogens with one attached hydrogen (secondary N) is 1. The van der Waals surface area contributed by atoms with Crippen LogP contribution in [-0.2, 0) is 9.59 Å². The van der Waals surface area contributed by atoms with E-state index in [1.807, 2.05) is 6.92 Å². The molecule has 1 atom stereocenters. The molecule has 1 aliphatic heterocycles. The minimum atomic E-state index is -0.185. The Bertz CT molecular complexity index is 280. The van der Waals surface area contributed by atoms with Crippen LogP contribution < -0.4 is 5.32 Å². The molecule has 1 aliphatic rings. The molecule has 2 amide bonds. The second kappa shape index (κ2) is 4.66. The highest BCUT2D eigenvalue weighted by molar-refractivity contribution is 5.87. The molecule has 4 heteroatoms. The summed E-state index contributed by atoms with van der Waals surface area (Å²) in [7, 11) is 0. The van der Waals surface area contributed by atoms with Gasteiger partial charge in [-0.2, -0.15) is 0 Å². The molecule has 1 fully saturated rings. The van der Waals surface area contributed by atoms with Gasteiger partial charge in [-0.1, -0.05) is 12.8 Å². The number of amides is 2. The van der Waals surface area contributed by atoms with Crippen molar-refractivity contribution < 1.29 is 9.59 Å². The summed E-state index contributed by atoms with van der Waals surface area (Å²) in [6.07, 6.45) is 6.37. The van der Waals surface area contributed by atoms with Crippen LogP contribution in [0.2, 0.25) is 0 Å². The molecule has 0 aromatic carbocycles. The lowest BCUT2D eigenvalue weighted by molar-refractivity contribution is -0.131. The summed E-state index contributed by atoms with van der Waals surface area (Å²) in [5.74, 6) is 2.37. The van der Waals surface area contributed by atoms with Crippen molar-refractivity contribution >= 4 is 11.8 Å². The largest absolute Gasteiger partial charge is 0.347 e. The number of hydrogen-bond donors (Lipinski definition) is 1. The molecule has 1 rings (SSSR count). The van der Waals surface area contributed by atoms with E-state index < -0.39 is 0 Å². The van der Waals surface area contributed by atoms with Crippen molar-refractivity contribution in [2.45, 2.75) is 25.8 Å². The average Bonchev–Trinajstić information content (AvgIpc) is 2.34. The van der Waals surface area contributed by atoms with Crippen LogP contribution in [-0.4, -0.2) is 35.8 Å². The molecular weight excluding hydrogens is 180 g/mol. The van der Waals surface area contributed by atoms with Crippen LogP contribution in [0.1, 0.15) is 19.8 Å². The topological polar surface area (TPSA) is 49.4 Å². The number of nitrogens with zero attached hydrogens (tertiary/aromatic N) is 1. The molecule has 14 heavy (non-hydrogen) atoms. The molecule has 0 bridgehead atoms. The molecule has 0 saturated carbocycles. The number of carbonyl (C=O) groups excluding carboxylic acids is 2. The Hall–Kier alpha value is -1.50. The van der Waals surface area contributed by atoms with Crippen molar-refractivity contribution in [2.75, 3.05) is 13.1 Å². The van der Waals surface area contributed by atoms with E-state index in [0.717, 1.165) is 6.42 Å². The molecule has 1 saturated heterocycles. The minimum absolute atomic E-state index is 0.0665. The minimum Gasteiger partial charge on any atom is -0.347 e. The molecule has 0 spiro atoms. The summed E-state index contributed by atoms with van der Waals surface area (Å²) in [6.45, 7) is 2.42. The van der Waals surface area contributed by atoms with Gasteiger partial charge in [-0.15, -0.1) is 6.42 Å². The highest BCUT2D eigenvalue weighted by Crippen LogP contribution is 2.06. The molecule has 1 unspecified atom stereocenters. The zero-order chi connectivity index (χ0) is 10.6. The van der Waals surface area contributed by atoms with E-state index in [-0.39, 0.29) is 24.4 Å². The average molecular weight is 194 g/mol. The lowest BCUT2D eigenvalue weighted by atomic mass is 10.2. The number of hydrogen-bond acceptors (Lipinski definition) is 2. The van der Waals surface area contributed by atoms with Crippen molar-refractivity contribution in [3.05, 3.63) is 0 Å². The van der Waals surface area contributed by atoms with Gasteiger partial charge in [0.15, 0.2) is 0 Å². The lowest BCUT2D eigenvalue weighted by Crippen LogP contribution is -2.41. The fourth-order valence-electron chi connectivity index (χ4n) is 1.47. The highest BCUT2D eigenvalue weighted by Gasteiger charge is 2.24. The van der Waals surface area contributed by atoms with Crippen LogP contribution in [0.15, 0.2) is 0 Å². The molecule has 0 aromatic heterocycles. The summed E-state index contributed by atoms with van der Waals surface area (Å²) in [4.78, 5) is 24.2. The molecule has 4 nitrogen and oxygen atoms in total. The number of carbonyl (C=O) groups is 2. The third kappa shape index (κ3) is 2.25. The fourth-order valence-corrected chi connectivity index (χ4v) is 1.47. The van der Waals surface area contributed by atoms with Gasteiger partial charge in [0.25, 0.3) is 0 Å². The zero-order valence-electron chi connectivity index (χ0n) is 8.25. The second-order valence-electron chi connectivity index (χ2n) is 3.20. The maximum atomic E-state index is 11.5. The lowest BCUT2D eigenvalue weighted by Gasteiger charge is -2.25. The van der Waals surface area contributed by atoms with Crippen molar-refractivity contribution in [1.82, 2.24) is 10.2 Å². The van der Waals surface area contributed by atoms with Gasteiger partial charge < -0.3 is 10.2 Å².